The number of aromatic nitrogens is 2. The molecule has 8 nitrogen and oxygen atoms in total. The van der Waals surface area contributed by atoms with Gasteiger partial charge in [0.2, 0.25) is 16.9 Å². The van der Waals surface area contributed by atoms with Crippen LogP contribution in [0.15, 0.2) is 28.6 Å². The Balaban J connectivity index is 1.93. The van der Waals surface area contributed by atoms with Gasteiger partial charge in [-0.15, -0.1) is 10.2 Å². The molecule has 2 heterocycles. The molecule has 1 aliphatic heterocycles. The van der Waals surface area contributed by atoms with Crippen LogP contribution in [0.25, 0.3) is 0 Å². The van der Waals surface area contributed by atoms with E-state index in [0.717, 1.165) is 16.2 Å². The minimum Gasteiger partial charge on any atom is -0.274 e. The van der Waals surface area contributed by atoms with Crippen LogP contribution in [-0.4, -0.2) is 30.4 Å². The molecule has 0 radical (unpaired) electrons. The second-order valence-corrected chi connectivity index (χ2v) is 7.44. The summed E-state index contributed by atoms with van der Waals surface area (Å²) in [5, 5.41) is 7.35. The number of nitrogens with one attached hydrogen (secondary N) is 1. The number of hydrogen-bond acceptors (Lipinski definition) is 7. The van der Waals surface area contributed by atoms with Crippen molar-refractivity contribution >= 4 is 44.0 Å². The van der Waals surface area contributed by atoms with Crippen LogP contribution < -0.4 is 9.62 Å². The number of hydrogen-bond donors (Lipinski definition) is 1. The van der Waals surface area contributed by atoms with Crippen molar-refractivity contribution in [2.24, 2.45) is 0 Å². The van der Waals surface area contributed by atoms with E-state index in [1.165, 1.54) is 23.7 Å². The lowest BCUT2D eigenvalue weighted by Crippen LogP contribution is -2.29. The summed E-state index contributed by atoms with van der Waals surface area (Å²) in [6, 6.07) is 4.23. The molecule has 10 heteroatoms. The van der Waals surface area contributed by atoms with Gasteiger partial charge in [0, 0.05) is 12.8 Å². The van der Waals surface area contributed by atoms with Crippen LogP contribution in [0.2, 0.25) is 0 Å². The average molecular weight is 352 g/mol. The third kappa shape index (κ3) is 2.94. The zero-order valence-electron chi connectivity index (χ0n) is 12.0. The normalized spacial score (nSPS) is 15.3. The summed E-state index contributed by atoms with van der Waals surface area (Å²) in [6.07, 6.45) is 0.355. The number of aryl methyl sites for hydroxylation is 1. The monoisotopic (exact) mass is 352 g/mol. The molecule has 0 spiro atoms. The Labute approximate surface area is 136 Å². The molecule has 0 unspecified atom stereocenters. The number of imide groups is 1. The van der Waals surface area contributed by atoms with Gasteiger partial charge in [-0.2, -0.15) is 0 Å². The SMILES string of the molecule is Cc1cc(S(=O)(=O)Nc2nncs2)ccc1N1C(=O)CCC1=O. The second kappa shape index (κ2) is 5.70. The highest BCUT2D eigenvalue weighted by Crippen LogP contribution is 2.28. The van der Waals surface area contributed by atoms with Gasteiger partial charge < -0.3 is 0 Å². The molecule has 1 aromatic heterocycles. The maximum atomic E-state index is 12.3. The van der Waals surface area contributed by atoms with Gasteiger partial charge in [-0.05, 0) is 30.7 Å². The zero-order chi connectivity index (χ0) is 16.6. The topological polar surface area (TPSA) is 109 Å². The molecule has 2 aromatic rings. The molecule has 1 N–H and O–H groups in total. The van der Waals surface area contributed by atoms with E-state index in [9.17, 15) is 18.0 Å². The summed E-state index contributed by atoms with van der Waals surface area (Å²) in [4.78, 5) is 24.7. The first-order valence-corrected chi connectivity index (χ1v) is 9.00. The number of amides is 2. The number of rotatable bonds is 4. The van der Waals surface area contributed by atoms with Crippen LogP contribution in [0.3, 0.4) is 0 Å². The smallest absolute Gasteiger partial charge is 0.263 e. The zero-order valence-corrected chi connectivity index (χ0v) is 13.6. The van der Waals surface area contributed by atoms with Gasteiger partial charge in [0.25, 0.3) is 10.0 Å². The van der Waals surface area contributed by atoms with E-state index in [0.29, 0.717) is 11.3 Å². The molecule has 0 atom stereocenters. The minimum atomic E-state index is -3.80. The van der Waals surface area contributed by atoms with Crippen molar-refractivity contribution in [2.45, 2.75) is 24.7 Å². The minimum absolute atomic E-state index is 0.0213. The molecular weight excluding hydrogens is 340 g/mol. The number of carbonyl (C=O) groups excluding carboxylic acids is 2. The molecule has 0 bridgehead atoms. The fourth-order valence-corrected chi connectivity index (χ4v) is 4.06. The van der Waals surface area contributed by atoms with Crippen molar-refractivity contribution in [2.75, 3.05) is 9.62 Å². The molecular formula is C13H12N4O4S2. The number of nitrogens with zero attached hydrogens (tertiary/aromatic N) is 3. The van der Waals surface area contributed by atoms with E-state index in [-0.39, 0.29) is 34.7 Å². The summed E-state index contributed by atoms with van der Waals surface area (Å²) in [5.74, 6) is -0.554. The predicted molar refractivity (Wildman–Crippen MR) is 83.6 cm³/mol. The van der Waals surface area contributed by atoms with Gasteiger partial charge in [0.1, 0.15) is 5.51 Å². The van der Waals surface area contributed by atoms with Crippen LogP contribution in [0.5, 0.6) is 0 Å². The van der Waals surface area contributed by atoms with Crippen LogP contribution in [0.1, 0.15) is 18.4 Å². The first-order valence-electron chi connectivity index (χ1n) is 6.64. The number of sulfonamides is 1. The summed E-state index contributed by atoms with van der Waals surface area (Å²) in [6.45, 7) is 1.65. The Morgan fingerprint density at radius 2 is 1.91 bits per heavy atom. The predicted octanol–water partition coefficient (Wildman–Crippen LogP) is 1.30. The lowest BCUT2D eigenvalue weighted by molar-refractivity contribution is -0.121. The standard InChI is InChI=1S/C13H12N4O4S2/c1-8-6-9(23(20,21)16-13-15-14-7-22-13)2-3-10(8)17-11(18)4-5-12(17)19/h2-3,6-7H,4-5H2,1H3,(H,15,16). The molecule has 3 rings (SSSR count). The van der Waals surface area contributed by atoms with Gasteiger partial charge in [-0.25, -0.2) is 8.42 Å². The molecule has 0 aliphatic carbocycles. The summed E-state index contributed by atoms with van der Waals surface area (Å²) >= 11 is 1.06. The Bertz CT molecular complexity index is 861. The van der Waals surface area contributed by atoms with Crippen molar-refractivity contribution in [1.82, 2.24) is 10.2 Å². The molecule has 1 aromatic carbocycles. The molecule has 0 saturated carbocycles. The maximum Gasteiger partial charge on any atom is 0.263 e. The molecule has 120 valence electrons. The van der Waals surface area contributed by atoms with E-state index in [2.05, 4.69) is 14.9 Å². The molecule has 1 aliphatic rings. The third-order valence-electron chi connectivity index (χ3n) is 3.35. The van der Waals surface area contributed by atoms with Crippen LogP contribution in [0.4, 0.5) is 10.8 Å². The summed E-state index contributed by atoms with van der Waals surface area (Å²) < 4.78 is 26.9. The molecule has 1 fully saturated rings. The number of carbonyl (C=O) groups is 2. The van der Waals surface area contributed by atoms with Crippen molar-refractivity contribution in [1.29, 1.82) is 0 Å². The van der Waals surface area contributed by atoms with Gasteiger partial charge in [0.15, 0.2) is 0 Å². The Morgan fingerprint density at radius 1 is 1.22 bits per heavy atom. The second-order valence-electron chi connectivity index (χ2n) is 4.92. The number of anilines is 2. The largest absolute Gasteiger partial charge is 0.274 e. The Morgan fingerprint density at radius 3 is 2.48 bits per heavy atom. The van der Waals surface area contributed by atoms with Crippen LogP contribution >= 0.6 is 11.3 Å². The fraction of sp³-hybridized carbons (Fsp3) is 0.231. The van der Waals surface area contributed by atoms with Gasteiger partial charge in [-0.3, -0.25) is 19.2 Å². The average Bonchev–Trinajstić information content (AvgIpc) is 3.09. The highest BCUT2D eigenvalue weighted by molar-refractivity contribution is 7.93. The number of benzene rings is 1. The summed E-state index contributed by atoms with van der Waals surface area (Å²) in [5.41, 5.74) is 2.35. The lowest BCUT2D eigenvalue weighted by atomic mass is 10.2. The third-order valence-corrected chi connectivity index (χ3v) is 5.43. The molecule has 2 amide bonds. The first kappa shape index (κ1) is 15.6. The van der Waals surface area contributed by atoms with Crippen molar-refractivity contribution < 1.29 is 18.0 Å². The molecule has 23 heavy (non-hydrogen) atoms. The molecule has 1 saturated heterocycles. The van der Waals surface area contributed by atoms with E-state index < -0.39 is 10.0 Å². The summed E-state index contributed by atoms with van der Waals surface area (Å²) in [7, 11) is -3.80. The Hall–Kier alpha value is -2.33. The van der Waals surface area contributed by atoms with E-state index in [4.69, 9.17) is 0 Å². The Kier molecular flexibility index (Phi) is 3.86. The highest BCUT2D eigenvalue weighted by atomic mass is 32.2. The van der Waals surface area contributed by atoms with E-state index >= 15 is 0 Å². The van der Waals surface area contributed by atoms with Gasteiger partial charge >= 0.3 is 0 Å². The van der Waals surface area contributed by atoms with Crippen LogP contribution in [-0.2, 0) is 19.6 Å². The van der Waals surface area contributed by atoms with E-state index in [1.54, 1.807) is 6.92 Å². The first-order chi connectivity index (χ1) is 10.9. The maximum absolute atomic E-state index is 12.3. The van der Waals surface area contributed by atoms with Gasteiger partial charge in [-0.1, -0.05) is 11.3 Å². The highest BCUT2D eigenvalue weighted by Gasteiger charge is 2.31. The van der Waals surface area contributed by atoms with Crippen molar-refractivity contribution in [3.8, 4) is 0 Å². The quantitative estimate of drug-likeness (QED) is 0.831. The van der Waals surface area contributed by atoms with Crippen molar-refractivity contribution in [3.63, 3.8) is 0 Å². The van der Waals surface area contributed by atoms with Gasteiger partial charge in [0.05, 0.1) is 10.6 Å². The lowest BCUT2D eigenvalue weighted by Gasteiger charge is -2.17. The fourth-order valence-electron chi connectivity index (χ4n) is 2.28. The van der Waals surface area contributed by atoms with Crippen molar-refractivity contribution in [3.05, 3.63) is 29.3 Å². The van der Waals surface area contributed by atoms with E-state index in [1.807, 2.05) is 0 Å². The van der Waals surface area contributed by atoms with Crippen LogP contribution in [0, 0.1) is 6.92 Å².